The predicted molar refractivity (Wildman–Crippen MR) is 118 cm³/mol. The Balaban J connectivity index is 1.35. The molecule has 1 aromatic heterocycles. The highest BCUT2D eigenvalue weighted by Gasteiger charge is 2.25. The summed E-state index contributed by atoms with van der Waals surface area (Å²) in [4.78, 5) is 20.0. The third-order valence-electron chi connectivity index (χ3n) is 5.41. The minimum absolute atomic E-state index is 0.0729. The average molecular weight is 427 g/mol. The molecule has 0 aliphatic carbocycles. The number of hydrogen-bond acceptors (Lipinski definition) is 4. The first kappa shape index (κ1) is 19.9. The zero-order chi connectivity index (χ0) is 20.2. The number of nitrogens with zero attached hydrogens (tertiary/aromatic N) is 2. The molecule has 0 atom stereocenters. The van der Waals surface area contributed by atoms with E-state index in [1.54, 1.807) is 13.3 Å². The summed E-state index contributed by atoms with van der Waals surface area (Å²) >= 11 is 7.67. The standard InChI is InChI=1S/C23H23ClN2O2S/c1-28-18-8-6-16(7-9-18)14-17-10-12-26(13-11-17)23(27)21-15-25-22(29-21)19-4-2-3-5-20(19)24/h2-9,15,17H,10-14H2,1H3. The Morgan fingerprint density at radius 2 is 1.90 bits per heavy atom. The lowest BCUT2D eigenvalue weighted by Crippen LogP contribution is -2.38. The van der Waals surface area contributed by atoms with Crippen molar-refractivity contribution in [3.05, 3.63) is 70.2 Å². The van der Waals surface area contributed by atoms with Crippen molar-refractivity contribution < 1.29 is 9.53 Å². The Labute approximate surface area is 180 Å². The van der Waals surface area contributed by atoms with Crippen molar-refractivity contribution in [2.75, 3.05) is 20.2 Å². The van der Waals surface area contributed by atoms with E-state index in [-0.39, 0.29) is 5.91 Å². The summed E-state index contributed by atoms with van der Waals surface area (Å²) in [7, 11) is 1.68. The fourth-order valence-electron chi connectivity index (χ4n) is 3.72. The summed E-state index contributed by atoms with van der Waals surface area (Å²) in [6, 6.07) is 15.9. The van der Waals surface area contributed by atoms with Crippen LogP contribution in [0.5, 0.6) is 5.75 Å². The number of methoxy groups -OCH3 is 1. The molecule has 3 aromatic rings. The van der Waals surface area contributed by atoms with Crippen LogP contribution in [-0.4, -0.2) is 36.0 Å². The van der Waals surface area contributed by atoms with Crippen molar-refractivity contribution in [3.8, 4) is 16.3 Å². The molecular formula is C23H23ClN2O2S. The van der Waals surface area contributed by atoms with Crippen LogP contribution >= 0.6 is 22.9 Å². The molecule has 6 heteroatoms. The van der Waals surface area contributed by atoms with Crippen LogP contribution in [0, 0.1) is 5.92 Å². The summed E-state index contributed by atoms with van der Waals surface area (Å²) in [6.45, 7) is 1.58. The zero-order valence-corrected chi connectivity index (χ0v) is 17.9. The number of aromatic nitrogens is 1. The van der Waals surface area contributed by atoms with Crippen LogP contribution in [0.3, 0.4) is 0 Å². The van der Waals surface area contributed by atoms with Gasteiger partial charge in [0.05, 0.1) is 18.3 Å². The van der Waals surface area contributed by atoms with E-state index in [1.807, 2.05) is 41.3 Å². The van der Waals surface area contributed by atoms with Crippen molar-refractivity contribution in [3.63, 3.8) is 0 Å². The Hall–Kier alpha value is -2.37. The molecule has 0 spiro atoms. The van der Waals surface area contributed by atoms with E-state index in [2.05, 4.69) is 17.1 Å². The Morgan fingerprint density at radius 3 is 2.59 bits per heavy atom. The van der Waals surface area contributed by atoms with Crippen LogP contribution in [-0.2, 0) is 6.42 Å². The van der Waals surface area contributed by atoms with E-state index in [0.29, 0.717) is 15.8 Å². The lowest BCUT2D eigenvalue weighted by atomic mass is 9.90. The highest BCUT2D eigenvalue weighted by atomic mass is 35.5. The lowest BCUT2D eigenvalue weighted by Gasteiger charge is -2.31. The first-order valence-corrected chi connectivity index (χ1v) is 11.0. The van der Waals surface area contributed by atoms with E-state index in [9.17, 15) is 4.79 Å². The highest BCUT2D eigenvalue weighted by molar-refractivity contribution is 7.17. The number of carbonyl (C=O) groups is 1. The number of benzene rings is 2. The summed E-state index contributed by atoms with van der Waals surface area (Å²) < 4.78 is 5.22. The van der Waals surface area contributed by atoms with Crippen LogP contribution in [0.15, 0.2) is 54.7 Å². The summed E-state index contributed by atoms with van der Waals surface area (Å²) in [5.74, 6) is 1.56. The maximum absolute atomic E-state index is 12.9. The van der Waals surface area contributed by atoms with Gasteiger partial charge in [0.25, 0.3) is 5.91 Å². The molecule has 1 aliphatic heterocycles. The van der Waals surface area contributed by atoms with Gasteiger partial charge in [0, 0.05) is 18.7 Å². The van der Waals surface area contributed by atoms with E-state index >= 15 is 0 Å². The summed E-state index contributed by atoms with van der Waals surface area (Å²) in [5.41, 5.74) is 2.19. The van der Waals surface area contributed by atoms with E-state index in [0.717, 1.165) is 48.7 Å². The van der Waals surface area contributed by atoms with E-state index < -0.39 is 0 Å². The maximum atomic E-state index is 12.9. The molecule has 2 aromatic carbocycles. The van der Waals surface area contributed by atoms with Crippen molar-refractivity contribution in [2.24, 2.45) is 5.92 Å². The molecule has 0 saturated carbocycles. The number of piperidine rings is 1. The normalized spacial score (nSPS) is 14.8. The molecular weight excluding hydrogens is 404 g/mol. The van der Waals surface area contributed by atoms with Gasteiger partial charge in [-0.2, -0.15) is 0 Å². The van der Waals surface area contributed by atoms with Crippen molar-refractivity contribution in [1.82, 2.24) is 9.88 Å². The van der Waals surface area contributed by atoms with Gasteiger partial charge in [-0.15, -0.1) is 11.3 Å². The SMILES string of the molecule is COc1ccc(CC2CCN(C(=O)c3cnc(-c4ccccc4Cl)s3)CC2)cc1. The number of thiazole rings is 1. The minimum Gasteiger partial charge on any atom is -0.497 e. The topological polar surface area (TPSA) is 42.4 Å². The van der Waals surface area contributed by atoms with Gasteiger partial charge < -0.3 is 9.64 Å². The fraction of sp³-hybridized carbons (Fsp3) is 0.304. The molecule has 4 rings (SSSR count). The van der Waals surface area contributed by atoms with Crippen LogP contribution in [0.25, 0.3) is 10.6 Å². The molecule has 29 heavy (non-hydrogen) atoms. The lowest BCUT2D eigenvalue weighted by molar-refractivity contribution is 0.0695. The number of halogens is 1. The third-order valence-corrected chi connectivity index (χ3v) is 6.75. The van der Waals surface area contributed by atoms with Gasteiger partial charge in [-0.05, 0) is 48.9 Å². The predicted octanol–water partition coefficient (Wildman–Crippen LogP) is 5.57. The molecule has 1 saturated heterocycles. The van der Waals surface area contributed by atoms with Gasteiger partial charge in [0.1, 0.15) is 15.6 Å². The molecule has 0 unspecified atom stereocenters. The minimum atomic E-state index is 0.0729. The molecule has 2 heterocycles. The first-order valence-electron chi connectivity index (χ1n) is 9.77. The highest BCUT2D eigenvalue weighted by Crippen LogP contribution is 2.32. The van der Waals surface area contributed by atoms with Crippen LogP contribution in [0.4, 0.5) is 0 Å². The second kappa shape index (κ2) is 8.97. The molecule has 0 N–H and O–H groups in total. The van der Waals surface area contributed by atoms with Crippen LogP contribution in [0.2, 0.25) is 5.02 Å². The number of carbonyl (C=O) groups excluding carboxylic acids is 1. The summed E-state index contributed by atoms with van der Waals surface area (Å²) in [5, 5.41) is 1.44. The number of ether oxygens (including phenoxy) is 1. The zero-order valence-electron chi connectivity index (χ0n) is 16.3. The van der Waals surface area contributed by atoms with Gasteiger partial charge in [0.15, 0.2) is 0 Å². The number of likely N-dealkylation sites (tertiary alicyclic amines) is 1. The smallest absolute Gasteiger partial charge is 0.265 e. The monoisotopic (exact) mass is 426 g/mol. The molecule has 0 bridgehead atoms. The molecule has 4 nitrogen and oxygen atoms in total. The molecule has 1 amide bonds. The number of amides is 1. The largest absolute Gasteiger partial charge is 0.497 e. The Morgan fingerprint density at radius 1 is 1.17 bits per heavy atom. The third kappa shape index (κ3) is 4.62. The molecule has 150 valence electrons. The van der Waals surface area contributed by atoms with Crippen LogP contribution < -0.4 is 4.74 Å². The maximum Gasteiger partial charge on any atom is 0.265 e. The molecule has 1 fully saturated rings. The Bertz CT molecular complexity index is 979. The second-order valence-corrected chi connectivity index (χ2v) is 8.74. The number of hydrogen-bond donors (Lipinski definition) is 0. The van der Waals surface area contributed by atoms with Gasteiger partial charge in [-0.25, -0.2) is 4.98 Å². The van der Waals surface area contributed by atoms with Crippen LogP contribution in [0.1, 0.15) is 28.1 Å². The summed E-state index contributed by atoms with van der Waals surface area (Å²) in [6.07, 6.45) is 4.76. The van der Waals surface area contributed by atoms with Crippen molar-refractivity contribution in [1.29, 1.82) is 0 Å². The quantitative estimate of drug-likeness (QED) is 0.535. The fourth-order valence-corrected chi connectivity index (χ4v) is 4.93. The van der Waals surface area contributed by atoms with Crippen molar-refractivity contribution in [2.45, 2.75) is 19.3 Å². The van der Waals surface area contributed by atoms with E-state index in [1.165, 1.54) is 16.9 Å². The average Bonchev–Trinajstić information content (AvgIpc) is 3.25. The van der Waals surface area contributed by atoms with Gasteiger partial charge in [-0.3, -0.25) is 4.79 Å². The molecule has 1 aliphatic rings. The molecule has 0 radical (unpaired) electrons. The van der Waals surface area contributed by atoms with Gasteiger partial charge >= 0.3 is 0 Å². The second-order valence-electron chi connectivity index (χ2n) is 7.30. The van der Waals surface area contributed by atoms with Gasteiger partial charge in [0.2, 0.25) is 0 Å². The first-order chi connectivity index (χ1) is 14.1. The number of rotatable bonds is 5. The van der Waals surface area contributed by atoms with Crippen molar-refractivity contribution >= 4 is 28.8 Å². The van der Waals surface area contributed by atoms with E-state index in [4.69, 9.17) is 16.3 Å². The van der Waals surface area contributed by atoms with Gasteiger partial charge in [-0.1, -0.05) is 41.9 Å². The Kier molecular flexibility index (Phi) is 6.16.